The van der Waals surface area contributed by atoms with Gasteiger partial charge in [-0.3, -0.25) is 4.98 Å². The lowest BCUT2D eigenvalue weighted by atomic mass is 10.1. The molecule has 0 unspecified atom stereocenters. The molecule has 8 aromatic rings. The minimum atomic E-state index is 0.508. The number of hydrogen-bond donors (Lipinski definition) is 0. The molecule has 5 heteroatoms. The Kier molecular flexibility index (Phi) is 4.76. The van der Waals surface area contributed by atoms with Crippen molar-refractivity contribution >= 4 is 43.5 Å². The van der Waals surface area contributed by atoms with Crippen molar-refractivity contribution in [2.45, 2.75) is 0 Å². The molecule has 0 saturated carbocycles. The number of fused-ring (bicyclic) bond motifs is 5. The Bertz CT molecular complexity index is 2100. The molecule has 0 atom stereocenters. The summed E-state index contributed by atoms with van der Waals surface area (Å²) in [5.41, 5.74) is 4.07. The number of para-hydroxylation sites is 1. The second kappa shape index (κ2) is 8.57. The maximum absolute atomic E-state index is 6.13. The first-order valence-electron chi connectivity index (χ1n) is 12.8. The zero-order chi connectivity index (χ0) is 25.8. The van der Waals surface area contributed by atoms with Gasteiger partial charge in [0.25, 0.3) is 0 Å². The second-order valence-electron chi connectivity index (χ2n) is 9.56. The Morgan fingerprint density at radius 3 is 1.69 bits per heavy atom. The molecule has 39 heavy (non-hydrogen) atoms. The first kappa shape index (κ1) is 21.6. The van der Waals surface area contributed by atoms with Gasteiger partial charge in [-0.2, -0.15) is 0 Å². The minimum Gasteiger partial charge on any atom is -0.456 e. The van der Waals surface area contributed by atoms with Gasteiger partial charge in [-0.15, -0.1) is 0 Å². The fourth-order valence-electron chi connectivity index (χ4n) is 5.24. The van der Waals surface area contributed by atoms with Gasteiger partial charge in [-0.25, -0.2) is 15.0 Å². The highest BCUT2D eigenvalue weighted by atomic mass is 16.3. The maximum atomic E-state index is 6.13. The molecule has 8 rings (SSSR count). The first-order valence-corrected chi connectivity index (χ1v) is 12.8. The largest absolute Gasteiger partial charge is 0.456 e. The smallest absolute Gasteiger partial charge is 0.183 e. The molecule has 0 aliphatic rings. The predicted molar refractivity (Wildman–Crippen MR) is 156 cm³/mol. The molecular weight excluding hydrogens is 480 g/mol. The Morgan fingerprint density at radius 2 is 1.03 bits per heavy atom. The number of hydrogen-bond acceptors (Lipinski definition) is 5. The summed E-state index contributed by atoms with van der Waals surface area (Å²) in [6.07, 6.45) is 1.75. The minimum absolute atomic E-state index is 0.508. The molecule has 0 radical (unpaired) electrons. The first-order chi connectivity index (χ1) is 19.3. The Balaban J connectivity index is 1.40. The van der Waals surface area contributed by atoms with Crippen LogP contribution >= 0.6 is 0 Å². The van der Waals surface area contributed by atoms with Crippen LogP contribution in [0.2, 0.25) is 0 Å². The van der Waals surface area contributed by atoms with Crippen LogP contribution in [0.1, 0.15) is 0 Å². The third-order valence-electron chi connectivity index (χ3n) is 7.15. The van der Waals surface area contributed by atoms with Gasteiger partial charge in [0.05, 0.1) is 5.39 Å². The molecule has 0 bridgehead atoms. The Hall–Kier alpha value is -5.42. The van der Waals surface area contributed by atoms with Crippen LogP contribution in [0.5, 0.6) is 0 Å². The van der Waals surface area contributed by atoms with Crippen LogP contribution in [0.3, 0.4) is 0 Å². The van der Waals surface area contributed by atoms with Gasteiger partial charge >= 0.3 is 0 Å². The molecule has 0 aliphatic carbocycles. The third kappa shape index (κ3) is 3.63. The van der Waals surface area contributed by atoms with Crippen LogP contribution in [0.15, 0.2) is 126 Å². The van der Waals surface area contributed by atoms with E-state index in [-0.39, 0.29) is 0 Å². The maximum Gasteiger partial charge on any atom is 0.183 e. The number of rotatable bonds is 3. The van der Waals surface area contributed by atoms with Crippen molar-refractivity contribution in [3.8, 4) is 34.3 Å². The monoisotopic (exact) mass is 500 g/mol. The molecule has 182 valence electrons. The van der Waals surface area contributed by atoms with Crippen LogP contribution in [0.4, 0.5) is 0 Å². The lowest BCUT2D eigenvalue weighted by Crippen LogP contribution is -2.01. The molecule has 0 N–H and O–H groups in total. The van der Waals surface area contributed by atoms with Gasteiger partial charge in [0.1, 0.15) is 16.9 Å². The standard InChI is InChI=1S/C34H20N4O/c1-3-9-23-19-25(15-13-21(23)7-1)32-36-33(26-16-14-22-8-2-4-10-24(22)20-26)38-34(37-32)31-30-27-11-5-6-12-28(27)39-29(30)17-18-35-31/h1-20H. The highest BCUT2D eigenvalue weighted by Gasteiger charge is 2.19. The number of pyridine rings is 1. The SMILES string of the molecule is c1ccc2cc(-c3nc(-c4ccc5ccccc5c4)nc(-c4nccc5oc6ccccc6c45)n3)ccc2c1. The van der Waals surface area contributed by atoms with Gasteiger partial charge in [-0.1, -0.05) is 91.0 Å². The summed E-state index contributed by atoms with van der Waals surface area (Å²) >= 11 is 0. The molecule has 5 nitrogen and oxygen atoms in total. The van der Waals surface area contributed by atoms with E-state index in [2.05, 4.69) is 60.7 Å². The predicted octanol–water partition coefficient (Wildman–Crippen LogP) is 8.47. The van der Waals surface area contributed by atoms with Crippen molar-refractivity contribution in [3.63, 3.8) is 0 Å². The van der Waals surface area contributed by atoms with Crippen LogP contribution in [0, 0.1) is 0 Å². The fraction of sp³-hybridized carbons (Fsp3) is 0. The van der Waals surface area contributed by atoms with E-state index in [1.165, 1.54) is 10.8 Å². The average molecular weight is 501 g/mol. The van der Waals surface area contributed by atoms with Crippen molar-refractivity contribution in [2.24, 2.45) is 0 Å². The van der Waals surface area contributed by atoms with E-state index in [9.17, 15) is 0 Å². The molecule has 3 heterocycles. The van der Waals surface area contributed by atoms with Crippen LogP contribution in [-0.4, -0.2) is 19.9 Å². The molecule has 3 aromatic heterocycles. The number of aromatic nitrogens is 4. The number of furan rings is 1. The molecule has 0 amide bonds. The van der Waals surface area contributed by atoms with Crippen LogP contribution in [-0.2, 0) is 0 Å². The molecule has 0 saturated heterocycles. The number of nitrogens with zero attached hydrogens (tertiary/aromatic N) is 4. The van der Waals surface area contributed by atoms with E-state index in [1.807, 2.05) is 54.6 Å². The topological polar surface area (TPSA) is 64.7 Å². The Labute approximate surface area is 223 Å². The molecule has 5 aromatic carbocycles. The van der Waals surface area contributed by atoms with Gasteiger partial charge in [0, 0.05) is 22.7 Å². The van der Waals surface area contributed by atoms with Crippen molar-refractivity contribution in [3.05, 3.63) is 121 Å². The average Bonchev–Trinajstić information content (AvgIpc) is 3.39. The Morgan fingerprint density at radius 1 is 0.462 bits per heavy atom. The van der Waals surface area contributed by atoms with Gasteiger partial charge in [0.15, 0.2) is 17.5 Å². The highest BCUT2D eigenvalue weighted by molar-refractivity contribution is 6.10. The molecule has 0 fully saturated rings. The summed E-state index contributed by atoms with van der Waals surface area (Å²) < 4.78 is 6.13. The van der Waals surface area contributed by atoms with Crippen molar-refractivity contribution in [2.75, 3.05) is 0 Å². The summed E-state index contributed by atoms with van der Waals surface area (Å²) in [6, 6.07) is 39.0. The van der Waals surface area contributed by atoms with Gasteiger partial charge < -0.3 is 4.42 Å². The molecular formula is C34H20N4O. The summed E-state index contributed by atoms with van der Waals surface area (Å²) in [5, 5.41) is 6.47. The zero-order valence-corrected chi connectivity index (χ0v) is 20.7. The molecule has 0 spiro atoms. The van der Waals surface area contributed by atoms with E-state index in [0.29, 0.717) is 23.2 Å². The van der Waals surface area contributed by atoms with Crippen molar-refractivity contribution < 1.29 is 4.42 Å². The van der Waals surface area contributed by atoms with Crippen molar-refractivity contribution in [1.82, 2.24) is 19.9 Å². The summed E-state index contributed by atoms with van der Waals surface area (Å²) in [5.74, 6) is 1.70. The normalized spacial score (nSPS) is 11.6. The van der Waals surface area contributed by atoms with E-state index >= 15 is 0 Å². The summed E-state index contributed by atoms with van der Waals surface area (Å²) in [6.45, 7) is 0. The highest BCUT2D eigenvalue weighted by Crippen LogP contribution is 2.35. The summed E-state index contributed by atoms with van der Waals surface area (Å²) in [4.78, 5) is 19.7. The van der Waals surface area contributed by atoms with Gasteiger partial charge in [0.2, 0.25) is 0 Å². The van der Waals surface area contributed by atoms with E-state index in [4.69, 9.17) is 24.4 Å². The lowest BCUT2D eigenvalue weighted by molar-refractivity contribution is 0.668. The summed E-state index contributed by atoms with van der Waals surface area (Å²) in [7, 11) is 0. The van der Waals surface area contributed by atoms with E-state index in [0.717, 1.165) is 43.8 Å². The third-order valence-corrected chi connectivity index (χ3v) is 7.15. The molecule has 0 aliphatic heterocycles. The van der Waals surface area contributed by atoms with Gasteiger partial charge in [-0.05, 0) is 45.8 Å². The zero-order valence-electron chi connectivity index (χ0n) is 20.7. The number of benzene rings is 5. The van der Waals surface area contributed by atoms with Crippen molar-refractivity contribution in [1.29, 1.82) is 0 Å². The quantitative estimate of drug-likeness (QED) is 0.243. The van der Waals surface area contributed by atoms with Crippen LogP contribution < -0.4 is 0 Å². The van der Waals surface area contributed by atoms with Crippen LogP contribution in [0.25, 0.3) is 77.8 Å². The lowest BCUT2D eigenvalue weighted by Gasteiger charge is -2.10. The fourth-order valence-corrected chi connectivity index (χ4v) is 5.24. The second-order valence-corrected chi connectivity index (χ2v) is 9.56. The van der Waals surface area contributed by atoms with E-state index < -0.39 is 0 Å². The van der Waals surface area contributed by atoms with E-state index in [1.54, 1.807) is 6.20 Å².